The first kappa shape index (κ1) is 15.6. The van der Waals surface area contributed by atoms with Gasteiger partial charge in [-0.05, 0) is 42.5 Å². The zero-order chi connectivity index (χ0) is 16.4. The molecule has 0 spiro atoms. The first-order valence-corrected chi connectivity index (χ1v) is 9.44. The van der Waals surface area contributed by atoms with E-state index in [-0.39, 0.29) is 5.91 Å². The molecule has 1 N–H and O–H groups in total. The monoisotopic (exact) mass is 323 g/mol. The highest BCUT2D eigenvalue weighted by Crippen LogP contribution is 2.20. The highest BCUT2D eigenvalue weighted by Gasteiger charge is 2.30. The number of carbonyl (C=O) groups excluding carboxylic acids is 1. The van der Waals surface area contributed by atoms with Gasteiger partial charge in [0.05, 0.1) is 32.2 Å². The van der Waals surface area contributed by atoms with Gasteiger partial charge in [-0.1, -0.05) is 42.8 Å². The summed E-state index contributed by atoms with van der Waals surface area (Å²) in [5.41, 5.74) is 0.856. The van der Waals surface area contributed by atoms with Crippen LogP contribution in [0.25, 0.3) is 10.8 Å². The average molecular weight is 323 g/mol. The molecule has 3 nitrogen and oxygen atoms in total. The Hall–Kier alpha value is -1.87. The number of hydrogen-bond donors (Lipinski definition) is 1. The minimum atomic E-state index is 0.203. The second-order valence-electron chi connectivity index (χ2n) is 7.31. The zero-order valence-corrected chi connectivity index (χ0v) is 14.3. The Labute approximate surface area is 144 Å². The van der Waals surface area contributed by atoms with E-state index in [1.165, 1.54) is 32.1 Å². The van der Waals surface area contributed by atoms with Crippen LogP contribution in [0.3, 0.4) is 0 Å². The second kappa shape index (κ2) is 6.94. The molecule has 2 fully saturated rings. The van der Waals surface area contributed by atoms with Gasteiger partial charge in [-0.25, -0.2) is 0 Å². The normalized spacial score (nSPS) is 20.4. The Bertz CT molecular complexity index is 707. The van der Waals surface area contributed by atoms with Gasteiger partial charge in [0.15, 0.2) is 0 Å². The molecule has 1 amide bonds. The van der Waals surface area contributed by atoms with E-state index in [1.54, 1.807) is 4.90 Å². The molecule has 4 rings (SSSR count). The van der Waals surface area contributed by atoms with Crippen molar-refractivity contribution in [3.05, 3.63) is 48.0 Å². The summed E-state index contributed by atoms with van der Waals surface area (Å²) in [6, 6.07) is 15.1. The number of amides is 1. The maximum atomic E-state index is 13.0. The molecule has 1 saturated carbocycles. The molecule has 0 bridgehead atoms. The molecule has 24 heavy (non-hydrogen) atoms. The predicted octanol–water partition coefficient (Wildman–Crippen LogP) is 2.51. The van der Waals surface area contributed by atoms with Crippen molar-refractivity contribution in [1.82, 2.24) is 4.90 Å². The van der Waals surface area contributed by atoms with Crippen molar-refractivity contribution in [2.45, 2.75) is 38.1 Å². The molecular formula is C21H27N2O+. The summed E-state index contributed by atoms with van der Waals surface area (Å²) in [6.07, 6.45) is 6.97. The van der Waals surface area contributed by atoms with Crippen LogP contribution < -0.4 is 4.90 Å². The largest absolute Gasteiger partial charge is 0.330 e. The second-order valence-corrected chi connectivity index (χ2v) is 7.31. The fourth-order valence-corrected chi connectivity index (χ4v) is 4.50. The van der Waals surface area contributed by atoms with Crippen molar-refractivity contribution in [2.75, 3.05) is 26.2 Å². The number of nitrogens with zero attached hydrogens (tertiary/aromatic N) is 1. The standard InChI is InChI=1S/C21H26N2O/c24-21(20-12-6-8-17-7-4-5-11-19(17)20)23-15-13-22(14-16-23)18-9-2-1-3-10-18/h4-8,11-12,18H,1-3,9-10,13-16H2/p+1. The Balaban J connectivity index is 1.46. The van der Waals surface area contributed by atoms with Crippen LogP contribution in [0, 0.1) is 0 Å². The number of fused-ring (bicyclic) bond motifs is 1. The predicted molar refractivity (Wildman–Crippen MR) is 97.4 cm³/mol. The molecule has 1 saturated heterocycles. The third-order valence-corrected chi connectivity index (χ3v) is 5.90. The summed E-state index contributed by atoms with van der Waals surface area (Å²) in [6.45, 7) is 4.02. The van der Waals surface area contributed by atoms with E-state index in [2.05, 4.69) is 23.1 Å². The Morgan fingerprint density at radius 2 is 1.62 bits per heavy atom. The van der Waals surface area contributed by atoms with Gasteiger partial charge < -0.3 is 9.80 Å². The first-order valence-electron chi connectivity index (χ1n) is 9.44. The molecule has 0 unspecified atom stereocenters. The van der Waals surface area contributed by atoms with Crippen LogP contribution in [-0.2, 0) is 0 Å². The number of hydrogen-bond acceptors (Lipinski definition) is 1. The number of benzene rings is 2. The summed E-state index contributed by atoms with van der Waals surface area (Å²) in [7, 11) is 0. The quantitative estimate of drug-likeness (QED) is 0.902. The van der Waals surface area contributed by atoms with Gasteiger partial charge in [0.25, 0.3) is 5.91 Å². The molecule has 0 radical (unpaired) electrons. The molecule has 126 valence electrons. The summed E-state index contributed by atoms with van der Waals surface area (Å²) in [4.78, 5) is 16.8. The minimum Gasteiger partial charge on any atom is -0.330 e. The molecule has 2 aromatic carbocycles. The van der Waals surface area contributed by atoms with Gasteiger partial charge in [-0.3, -0.25) is 4.79 Å². The van der Waals surface area contributed by atoms with Crippen molar-refractivity contribution >= 4 is 16.7 Å². The number of carbonyl (C=O) groups is 1. The number of quaternary nitrogens is 1. The van der Waals surface area contributed by atoms with Crippen LogP contribution in [0.4, 0.5) is 0 Å². The van der Waals surface area contributed by atoms with Crippen LogP contribution in [0.1, 0.15) is 42.5 Å². The molecule has 3 heteroatoms. The van der Waals surface area contributed by atoms with E-state index in [0.717, 1.165) is 48.6 Å². The lowest BCUT2D eigenvalue weighted by atomic mass is 9.94. The van der Waals surface area contributed by atoms with Gasteiger partial charge in [0.2, 0.25) is 0 Å². The fraction of sp³-hybridized carbons (Fsp3) is 0.476. The van der Waals surface area contributed by atoms with E-state index >= 15 is 0 Å². The molecule has 1 heterocycles. The third-order valence-electron chi connectivity index (χ3n) is 5.90. The molecule has 0 atom stereocenters. The maximum absolute atomic E-state index is 13.0. The SMILES string of the molecule is O=C(c1cccc2ccccc12)N1CC[NH+](C2CCCCC2)CC1. The number of rotatable bonds is 2. The van der Waals surface area contributed by atoms with Gasteiger partial charge in [-0.2, -0.15) is 0 Å². The lowest BCUT2D eigenvalue weighted by Crippen LogP contribution is -3.18. The van der Waals surface area contributed by atoms with Crippen LogP contribution in [0.2, 0.25) is 0 Å². The maximum Gasteiger partial charge on any atom is 0.254 e. The van der Waals surface area contributed by atoms with Crippen LogP contribution in [0.5, 0.6) is 0 Å². The highest BCUT2D eigenvalue weighted by molar-refractivity contribution is 6.07. The summed E-state index contributed by atoms with van der Waals surface area (Å²) >= 11 is 0. The number of piperazine rings is 1. The van der Waals surface area contributed by atoms with E-state index in [9.17, 15) is 4.79 Å². The molecule has 1 aliphatic heterocycles. The first-order chi connectivity index (χ1) is 11.8. The molecule has 0 aromatic heterocycles. The van der Waals surface area contributed by atoms with Gasteiger partial charge in [-0.15, -0.1) is 0 Å². The van der Waals surface area contributed by atoms with E-state index < -0.39 is 0 Å². The molecule has 1 aliphatic carbocycles. The lowest BCUT2D eigenvalue weighted by molar-refractivity contribution is -0.930. The molecular weight excluding hydrogens is 296 g/mol. The van der Waals surface area contributed by atoms with Crippen molar-refractivity contribution in [1.29, 1.82) is 0 Å². The summed E-state index contributed by atoms with van der Waals surface area (Å²) in [5, 5.41) is 2.22. The third kappa shape index (κ3) is 3.05. The van der Waals surface area contributed by atoms with Crippen LogP contribution >= 0.6 is 0 Å². The van der Waals surface area contributed by atoms with Crippen molar-refractivity contribution in [3.63, 3.8) is 0 Å². The van der Waals surface area contributed by atoms with E-state index in [4.69, 9.17) is 0 Å². The van der Waals surface area contributed by atoms with E-state index in [1.807, 2.05) is 24.3 Å². The lowest BCUT2D eigenvalue weighted by Gasteiger charge is -2.38. The summed E-state index contributed by atoms with van der Waals surface area (Å²) in [5.74, 6) is 0.203. The van der Waals surface area contributed by atoms with E-state index in [0.29, 0.717) is 0 Å². The summed E-state index contributed by atoms with van der Waals surface area (Å²) < 4.78 is 0. The Morgan fingerprint density at radius 3 is 2.42 bits per heavy atom. The van der Waals surface area contributed by atoms with Crippen molar-refractivity contribution in [3.8, 4) is 0 Å². The van der Waals surface area contributed by atoms with Crippen LogP contribution in [0.15, 0.2) is 42.5 Å². The van der Waals surface area contributed by atoms with Gasteiger partial charge >= 0.3 is 0 Å². The molecule has 2 aliphatic rings. The average Bonchev–Trinajstić information content (AvgIpc) is 2.68. The Kier molecular flexibility index (Phi) is 4.52. The zero-order valence-electron chi connectivity index (χ0n) is 14.3. The minimum absolute atomic E-state index is 0.203. The number of nitrogens with one attached hydrogen (secondary N) is 1. The Morgan fingerprint density at radius 1 is 0.917 bits per heavy atom. The van der Waals surface area contributed by atoms with Gasteiger partial charge in [0.1, 0.15) is 0 Å². The smallest absolute Gasteiger partial charge is 0.254 e. The fourth-order valence-electron chi connectivity index (χ4n) is 4.50. The highest BCUT2D eigenvalue weighted by atomic mass is 16.2. The van der Waals surface area contributed by atoms with Crippen molar-refractivity contribution < 1.29 is 9.69 Å². The topological polar surface area (TPSA) is 24.8 Å². The van der Waals surface area contributed by atoms with Gasteiger partial charge in [0, 0.05) is 5.56 Å². The van der Waals surface area contributed by atoms with Crippen molar-refractivity contribution in [2.24, 2.45) is 0 Å². The van der Waals surface area contributed by atoms with Crippen LogP contribution in [-0.4, -0.2) is 43.0 Å². The molecule has 2 aromatic rings.